The molecule has 172 valence electrons. The van der Waals surface area contributed by atoms with E-state index in [1.807, 2.05) is 4.40 Å². The van der Waals surface area contributed by atoms with E-state index < -0.39 is 0 Å². The summed E-state index contributed by atoms with van der Waals surface area (Å²) in [4.78, 5) is 6.47. The number of fused-ring (bicyclic) bond motifs is 2. The average Bonchev–Trinajstić information content (AvgIpc) is 3.48. The molecule has 2 saturated heterocycles. The highest BCUT2D eigenvalue weighted by Crippen LogP contribution is 2.38. The molecule has 5 heterocycles. The van der Waals surface area contributed by atoms with Crippen LogP contribution in [0.2, 0.25) is 0 Å². The number of rotatable bonds is 5. The normalized spacial score (nSPS) is 19.8. The largest absolute Gasteiger partial charge is 0.378 e. The molecule has 0 amide bonds. The van der Waals surface area contributed by atoms with Crippen LogP contribution in [-0.2, 0) is 11.2 Å². The first-order valence-electron chi connectivity index (χ1n) is 12.3. The molecule has 1 atom stereocenters. The van der Waals surface area contributed by atoms with Crippen molar-refractivity contribution in [3.63, 3.8) is 0 Å². The summed E-state index contributed by atoms with van der Waals surface area (Å²) in [6, 6.07) is 8.31. The Bertz CT molecular complexity index is 1330. The van der Waals surface area contributed by atoms with Gasteiger partial charge >= 0.3 is 0 Å². The lowest BCUT2D eigenvalue weighted by Gasteiger charge is -2.38. The smallest absolute Gasteiger partial charge is 0.163 e. The van der Waals surface area contributed by atoms with Crippen molar-refractivity contribution >= 4 is 16.6 Å². The highest BCUT2D eigenvalue weighted by Gasteiger charge is 2.34. The monoisotopic (exact) mass is 443 g/mol. The summed E-state index contributed by atoms with van der Waals surface area (Å²) in [7, 11) is 0. The number of aryl methyl sites for hydroxylation is 1. The quantitative estimate of drug-likeness (QED) is 0.470. The van der Waals surface area contributed by atoms with Gasteiger partial charge in [0.15, 0.2) is 5.65 Å². The van der Waals surface area contributed by atoms with E-state index in [2.05, 4.69) is 72.2 Å². The molecule has 0 bridgehead atoms. The van der Waals surface area contributed by atoms with E-state index in [9.17, 15) is 0 Å². The molecule has 6 nitrogen and oxygen atoms in total. The molecule has 6 heteroatoms. The lowest BCUT2D eigenvalue weighted by molar-refractivity contribution is -0.0690. The molecule has 2 aliphatic rings. The van der Waals surface area contributed by atoms with Gasteiger partial charge in [0, 0.05) is 28.7 Å². The summed E-state index contributed by atoms with van der Waals surface area (Å²) in [6.07, 6.45) is 7.68. The molecular weight excluding hydrogens is 410 g/mol. The Morgan fingerprint density at radius 1 is 1.18 bits per heavy atom. The molecule has 2 aliphatic heterocycles. The fourth-order valence-electron chi connectivity index (χ4n) is 5.91. The van der Waals surface area contributed by atoms with Crippen LogP contribution in [0.4, 0.5) is 0 Å². The van der Waals surface area contributed by atoms with Crippen LogP contribution in [0.1, 0.15) is 54.9 Å². The van der Waals surface area contributed by atoms with Crippen molar-refractivity contribution in [3.8, 4) is 11.3 Å². The maximum absolute atomic E-state index is 5.47. The second-order valence-corrected chi connectivity index (χ2v) is 10.2. The number of hydrogen-bond acceptors (Lipinski definition) is 4. The first-order chi connectivity index (χ1) is 16.0. The van der Waals surface area contributed by atoms with Gasteiger partial charge in [-0.15, -0.1) is 10.2 Å². The fraction of sp³-hybridized carbons (Fsp3) is 0.481. The molecule has 1 N–H and O–H groups in total. The topological polar surface area (TPSA) is 58.5 Å². The number of benzene rings is 1. The van der Waals surface area contributed by atoms with Crippen LogP contribution in [0.25, 0.3) is 27.8 Å². The van der Waals surface area contributed by atoms with Gasteiger partial charge in [-0.1, -0.05) is 19.9 Å². The minimum absolute atomic E-state index is 0.412. The molecule has 0 radical (unpaired) electrons. The number of hydrogen-bond donors (Lipinski definition) is 1. The van der Waals surface area contributed by atoms with Crippen LogP contribution in [0.15, 0.2) is 30.7 Å². The summed E-state index contributed by atoms with van der Waals surface area (Å²) in [6.45, 7) is 12.0. The van der Waals surface area contributed by atoms with Gasteiger partial charge in [-0.3, -0.25) is 9.30 Å². The molecule has 33 heavy (non-hydrogen) atoms. The zero-order chi connectivity index (χ0) is 22.7. The Balaban J connectivity index is 1.42. The molecule has 6 rings (SSSR count). The van der Waals surface area contributed by atoms with Crippen LogP contribution >= 0.6 is 0 Å². The van der Waals surface area contributed by atoms with Crippen LogP contribution in [0, 0.1) is 13.8 Å². The van der Waals surface area contributed by atoms with E-state index in [0.717, 1.165) is 25.3 Å². The van der Waals surface area contributed by atoms with E-state index in [-0.39, 0.29) is 0 Å². The van der Waals surface area contributed by atoms with Crippen molar-refractivity contribution in [1.29, 1.82) is 0 Å². The van der Waals surface area contributed by atoms with Crippen molar-refractivity contribution in [1.82, 2.24) is 24.5 Å². The maximum Gasteiger partial charge on any atom is 0.163 e. The highest BCUT2D eigenvalue weighted by molar-refractivity contribution is 5.92. The van der Waals surface area contributed by atoms with Crippen LogP contribution in [-0.4, -0.2) is 56.3 Å². The summed E-state index contributed by atoms with van der Waals surface area (Å²) >= 11 is 0. The third kappa shape index (κ3) is 3.39. The van der Waals surface area contributed by atoms with Crippen LogP contribution in [0.3, 0.4) is 0 Å². The van der Waals surface area contributed by atoms with Gasteiger partial charge in [0.25, 0.3) is 0 Å². The number of likely N-dealkylation sites (tertiary alicyclic amines) is 1. The zero-order valence-corrected chi connectivity index (χ0v) is 20.1. The van der Waals surface area contributed by atoms with E-state index in [0.29, 0.717) is 18.0 Å². The van der Waals surface area contributed by atoms with E-state index in [1.54, 1.807) is 6.33 Å². The van der Waals surface area contributed by atoms with Gasteiger partial charge in [-0.05, 0) is 80.0 Å². The van der Waals surface area contributed by atoms with Crippen molar-refractivity contribution < 1.29 is 4.74 Å². The van der Waals surface area contributed by atoms with E-state index in [4.69, 9.17) is 4.74 Å². The standard InChI is InChI=1S/C27H33N5O/c1-16(2)25-22-11-19(10-20-6-5-9-32(20)21-13-33-14-21)7-8-24(22)29-26(25)23-12-31-15-28-30-27(31)18(4)17(23)3/h7-8,11-12,15-16,20-21,29H,5-6,9-10,13-14H2,1-4H3. The predicted octanol–water partition coefficient (Wildman–Crippen LogP) is 5.02. The minimum Gasteiger partial charge on any atom is -0.378 e. The van der Waals surface area contributed by atoms with Crippen molar-refractivity contribution in [2.45, 2.75) is 65.0 Å². The van der Waals surface area contributed by atoms with E-state index in [1.165, 1.54) is 63.8 Å². The van der Waals surface area contributed by atoms with Gasteiger partial charge < -0.3 is 9.72 Å². The Morgan fingerprint density at radius 3 is 2.79 bits per heavy atom. The predicted molar refractivity (Wildman–Crippen MR) is 132 cm³/mol. The first-order valence-corrected chi connectivity index (χ1v) is 12.3. The molecule has 0 aliphatic carbocycles. The van der Waals surface area contributed by atoms with Gasteiger partial charge in [0.05, 0.1) is 24.9 Å². The lowest BCUT2D eigenvalue weighted by Crippen LogP contribution is -2.51. The fourth-order valence-corrected chi connectivity index (χ4v) is 5.91. The second kappa shape index (κ2) is 7.96. The SMILES string of the molecule is Cc1c(-c2[nH]c3ccc(CC4CCCN4C4COC4)cc3c2C(C)C)cn2cnnc2c1C. The zero-order valence-electron chi connectivity index (χ0n) is 20.1. The highest BCUT2D eigenvalue weighted by atomic mass is 16.5. The molecule has 0 saturated carbocycles. The number of pyridine rings is 1. The van der Waals surface area contributed by atoms with Crippen molar-refractivity contribution in [3.05, 3.63) is 53.0 Å². The number of aromatic amines is 1. The third-order valence-electron chi connectivity index (χ3n) is 7.88. The summed E-state index contributed by atoms with van der Waals surface area (Å²) in [5, 5.41) is 9.77. The number of H-pyrrole nitrogens is 1. The molecule has 3 aromatic heterocycles. The molecule has 2 fully saturated rings. The van der Waals surface area contributed by atoms with Gasteiger partial charge in [0.2, 0.25) is 0 Å². The summed E-state index contributed by atoms with van der Waals surface area (Å²) in [5.74, 6) is 0.412. The number of nitrogens with one attached hydrogen (secondary N) is 1. The van der Waals surface area contributed by atoms with Gasteiger partial charge in [-0.2, -0.15) is 0 Å². The Hall–Kier alpha value is -2.70. The number of ether oxygens (including phenoxy) is 1. The Kier molecular flexibility index (Phi) is 5.03. The van der Waals surface area contributed by atoms with Crippen LogP contribution < -0.4 is 0 Å². The summed E-state index contributed by atoms with van der Waals surface area (Å²) in [5.41, 5.74) is 9.88. The van der Waals surface area contributed by atoms with Crippen molar-refractivity contribution in [2.75, 3.05) is 19.8 Å². The first kappa shape index (κ1) is 20.9. The lowest BCUT2D eigenvalue weighted by atomic mass is 9.92. The van der Waals surface area contributed by atoms with Crippen molar-refractivity contribution in [2.24, 2.45) is 0 Å². The molecule has 1 unspecified atom stereocenters. The minimum atomic E-state index is 0.412. The molecule has 0 spiro atoms. The average molecular weight is 444 g/mol. The maximum atomic E-state index is 5.47. The van der Waals surface area contributed by atoms with Gasteiger partial charge in [-0.25, -0.2) is 0 Å². The number of aromatic nitrogens is 4. The second-order valence-electron chi connectivity index (χ2n) is 10.2. The van der Waals surface area contributed by atoms with E-state index >= 15 is 0 Å². The summed E-state index contributed by atoms with van der Waals surface area (Å²) < 4.78 is 7.51. The number of nitrogens with zero attached hydrogens (tertiary/aromatic N) is 4. The van der Waals surface area contributed by atoms with Gasteiger partial charge in [0.1, 0.15) is 6.33 Å². The molecule has 4 aromatic rings. The Morgan fingerprint density at radius 2 is 2.03 bits per heavy atom. The molecular formula is C27H33N5O. The third-order valence-corrected chi connectivity index (χ3v) is 7.88. The Labute approximate surface area is 195 Å². The molecule has 1 aromatic carbocycles. The van der Waals surface area contributed by atoms with Crippen LogP contribution in [0.5, 0.6) is 0 Å².